The number of aromatic nitrogens is 1. The quantitative estimate of drug-likeness (QED) is 0.335. The molecule has 0 amide bonds. The summed E-state index contributed by atoms with van der Waals surface area (Å²) in [5, 5.41) is 9.64. The molecule has 0 aliphatic carbocycles. The first kappa shape index (κ1) is 21.4. The molecule has 2 aromatic rings. The van der Waals surface area contributed by atoms with Crippen molar-refractivity contribution in [3.05, 3.63) is 46.2 Å². The van der Waals surface area contributed by atoms with Gasteiger partial charge in [0, 0.05) is 35.6 Å². The maximum atomic E-state index is 12.5. The lowest BCUT2D eigenvalue weighted by Gasteiger charge is -2.08. The molecule has 0 spiro atoms. The Labute approximate surface area is 174 Å². The van der Waals surface area contributed by atoms with Gasteiger partial charge in [0.15, 0.2) is 0 Å². The first-order valence-corrected chi connectivity index (χ1v) is 9.72. The molecule has 7 heteroatoms. The average Bonchev–Trinajstić information content (AvgIpc) is 3.11. The summed E-state index contributed by atoms with van der Waals surface area (Å²) in [6.45, 7) is 7.63. The molecule has 3 rings (SSSR count). The van der Waals surface area contributed by atoms with Gasteiger partial charge in [-0.05, 0) is 57.9 Å². The van der Waals surface area contributed by atoms with E-state index >= 15 is 0 Å². The normalized spacial score (nSPS) is 15.6. The number of allylic oxidation sites excluding steroid dienone is 2. The fourth-order valence-corrected chi connectivity index (χ4v) is 3.84. The molecular formula is C23H25NO6. The number of benzene rings is 1. The van der Waals surface area contributed by atoms with Gasteiger partial charge in [0.1, 0.15) is 5.75 Å². The van der Waals surface area contributed by atoms with E-state index in [0.29, 0.717) is 35.5 Å². The van der Waals surface area contributed by atoms with E-state index in [-0.39, 0.29) is 6.42 Å². The molecule has 30 heavy (non-hydrogen) atoms. The van der Waals surface area contributed by atoms with Crippen LogP contribution in [0.2, 0.25) is 0 Å². The summed E-state index contributed by atoms with van der Waals surface area (Å²) in [5.41, 5.74) is 4.76. The maximum Gasteiger partial charge on any atom is 0.347 e. The van der Waals surface area contributed by atoms with E-state index < -0.39 is 17.9 Å². The van der Waals surface area contributed by atoms with E-state index in [0.717, 1.165) is 27.7 Å². The number of aryl methyl sites for hydroxylation is 1. The van der Waals surface area contributed by atoms with Crippen molar-refractivity contribution in [3.8, 4) is 5.75 Å². The standard InChI is InChI=1S/C23H25NO6/c1-12(2)19-21(23(28)30-22(19)27)13(3)20-14(4)24(5)17-9-8-15(11-16(17)20)29-10-6-7-18(25)26/h8-9,11H,6-7,10H2,1-5H3,(H,25,26)/b21-13+. The highest BCUT2D eigenvalue weighted by molar-refractivity contribution is 6.22. The van der Waals surface area contributed by atoms with E-state index in [1.807, 2.05) is 43.7 Å². The van der Waals surface area contributed by atoms with Crippen LogP contribution in [-0.2, 0) is 26.2 Å². The topological polar surface area (TPSA) is 94.8 Å². The van der Waals surface area contributed by atoms with Crippen LogP contribution in [0.1, 0.15) is 44.9 Å². The molecule has 1 aromatic carbocycles. The third-order valence-corrected chi connectivity index (χ3v) is 5.36. The molecular weight excluding hydrogens is 386 g/mol. The number of cyclic esters (lactones) is 2. The zero-order valence-corrected chi connectivity index (χ0v) is 17.8. The Bertz CT molecular complexity index is 1130. The van der Waals surface area contributed by atoms with Gasteiger partial charge in [-0.2, -0.15) is 0 Å². The summed E-state index contributed by atoms with van der Waals surface area (Å²) < 4.78 is 12.6. The largest absolute Gasteiger partial charge is 0.494 e. The minimum atomic E-state index is -0.856. The molecule has 1 aliphatic heterocycles. The van der Waals surface area contributed by atoms with Crippen molar-refractivity contribution in [2.24, 2.45) is 7.05 Å². The minimum Gasteiger partial charge on any atom is -0.494 e. The highest BCUT2D eigenvalue weighted by atomic mass is 16.6. The fraction of sp³-hybridized carbons (Fsp3) is 0.348. The van der Waals surface area contributed by atoms with E-state index in [1.54, 1.807) is 13.8 Å². The number of carbonyl (C=O) groups excluding carboxylic acids is 2. The van der Waals surface area contributed by atoms with Crippen LogP contribution in [0.25, 0.3) is 16.5 Å². The van der Waals surface area contributed by atoms with E-state index in [4.69, 9.17) is 14.6 Å². The van der Waals surface area contributed by atoms with Gasteiger partial charge in [-0.3, -0.25) is 4.79 Å². The van der Waals surface area contributed by atoms with Crippen LogP contribution < -0.4 is 4.74 Å². The van der Waals surface area contributed by atoms with Crippen molar-refractivity contribution in [1.29, 1.82) is 0 Å². The van der Waals surface area contributed by atoms with Crippen molar-refractivity contribution in [2.75, 3.05) is 6.61 Å². The zero-order valence-electron chi connectivity index (χ0n) is 17.8. The number of carboxylic acids is 1. The Morgan fingerprint density at radius 1 is 1.13 bits per heavy atom. The second-order valence-electron chi connectivity index (χ2n) is 7.60. The SMILES string of the molecule is CC(C)=C1C(=O)OC(=O)/C1=C(\C)c1c(C)n(C)c2ccc(OCCCC(=O)O)cc12. The van der Waals surface area contributed by atoms with E-state index in [9.17, 15) is 14.4 Å². The second-order valence-corrected chi connectivity index (χ2v) is 7.60. The van der Waals surface area contributed by atoms with Gasteiger partial charge in [0.2, 0.25) is 0 Å². The van der Waals surface area contributed by atoms with Crippen LogP contribution in [0.3, 0.4) is 0 Å². The summed E-state index contributed by atoms with van der Waals surface area (Å²) in [4.78, 5) is 35.3. The van der Waals surface area contributed by atoms with Crippen LogP contribution in [0.5, 0.6) is 5.75 Å². The maximum absolute atomic E-state index is 12.5. The van der Waals surface area contributed by atoms with Crippen molar-refractivity contribution < 1.29 is 29.0 Å². The zero-order chi connectivity index (χ0) is 22.2. The lowest BCUT2D eigenvalue weighted by Crippen LogP contribution is -2.02. The molecule has 0 unspecified atom stereocenters. The Hall–Kier alpha value is -3.35. The average molecular weight is 411 g/mol. The highest BCUT2D eigenvalue weighted by Gasteiger charge is 2.36. The predicted octanol–water partition coefficient (Wildman–Crippen LogP) is 3.92. The van der Waals surface area contributed by atoms with E-state index in [2.05, 4.69) is 0 Å². The summed E-state index contributed by atoms with van der Waals surface area (Å²) in [5.74, 6) is -1.49. The minimum absolute atomic E-state index is 0.0464. The molecule has 2 heterocycles. The number of ether oxygens (including phenoxy) is 2. The summed E-state index contributed by atoms with van der Waals surface area (Å²) in [6.07, 6.45) is 0.458. The molecule has 1 N–H and O–H groups in total. The van der Waals surface area contributed by atoms with Crippen molar-refractivity contribution >= 4 is 34.4 Å². The molecule has 1 aliphatic rings. The molecule has 1 fully saturated rings. The van der Waals surface area contributed by atoms with Gasteiger partial charge in [-0.25, -0.2) is 9.59 Å². The number of fused-ring (bicyclic) bond motifs is 1. The van der Waals surface area contributed by atoms with Crippen LogP contribution in [-0.4, -0.2) is 34.2 Å². The molecule has 0 atom stereocenters. The highest BCUT2D eigenvalue weighted by Crippen LogP contribution is 2.38. The van der Waals surface area contributed by atoms with Crippen LogP contribution >= 0.6 is 0 Å². The monoisotopic (exact) mass is 411 g/mol. The number of rotatable bonds is 6. The summed E-state index contributed by atoms with van der Waals surface area (Å²) in [6, 6.07) is 5.65. The van der Waals surface area contributed by atoms with Gasteiger partial charge < -0.3 is 19.1 Å². The molecule has 1 saturated heterocycles. The van der Waals surface area contributed by atoms with Gasteiger partial charge in [0.05, 0.1) is 17.8 Å². The second kappa shape index (κ2) is 8.18. The number of hydrogen-bond donors (Lipinski definition) is 1. The van der Waals surface area contributed by atoms with E-state index in [1.165, 1.54) is 0 Å². The van der Waals surface area contributed by atoms with Crippen LogP contribution in [0.4, 0.5) is 0 Å². The van der Waals surface area contributed by atoms with Gasteiger partial charge >= 0.3 is 17.9 Å². The third-order valence-electron chi connectivity index (χ3n) is 5.36. The third kappa shape index (κ3) is 3.75. The molecule has 7 nitrogen and oxygen atoms in total. The van der Waals surface area contributed by atoms with Gasteiger partial charge in [-0.1, -0.05) is 5.57 Å². The Kier molecular flexibility index (Phi) is 5.82. The Balaban J connectivity index is 2.11. The lowest BCUT2D eigenvalue weighted by atomic mass is 9.93. The summed E-state index contributed by atoms with van der Waals surface area (Å²) in [7, 11) is 1.94. The fourth-order valence-electron chi connectivity index (χ4n) is 3.84. The smallest absolute Gasteiger partial charge is 0.347 e. The molecule has 0 saturated carbocycles. The number of nitrogens with zero attached hydrogens (tertiary/aromatic N) is 1. The van der Waals surface area contributed by atoms with Gasteiger partial charge in [0.25, 0.3) is 0 Å². The number of carbonyl (C=O) groups is 3. The lowest BCUT2D eigenvalue weighted by molar-refractivity contribution is -0.150. The Morgan fingerprint density at radius 3 is 2.43 bits per heavy atom. The first-order chi connectivity index (χ1) is 14.1. The van der Waals surface area contributed by atoms with Crippen LogP contribution in [0, 0.1) is 6.92 Å². The molecule has 0 bridgehead atoms. The van der Waals surface area contributed by atoms with Crippen molar-refractivity contribution in [1.82, 2.24) is 4.57 Å². The Morgan fingerprint density at radius 2 is 1.80 bits per heavy atom. The number of aliphatic carboxylic acids is 1. The van der Waals surface area contributed by atoms with Crippen LogP contribution in [0.15, 0.2) is 34.9 Å². The predicted molar refractivity (Wildman–Crippen MR) is 112 cm³/mol. The summed E-state index contributed by atoms with van der Waals surface area (Å²) >= 11 is 0. The molecule has 158 valence electrons. The number of esters is 2. The molecule has 1 aromatic heterocycles. The number of hydrogen-bond acceptors (Lipinski definition) is 5. The number of carboxylic acid groups (broad SMARTS) is 1. The molecule has 0 radical (unpaired) electrons. The van der Waals surface area contributed by atoms with Crippen molar-refractivity contribution in [2.45, 2.75) is 40.5 Å². The van der Waals surface area contributed by atoms with Crippen molar-refractivity contribution in [3.63, 3.8) is 0 Å². The van der Waals surface area contributed by atoms with Gasteiger partial charge in [-0.15, -0.1) is 0 Å². The first-order valence-electron chi connectivity index (χ1n) is 9.72.